The van der Waals surface area contributed by atoms with E-state index in [-0.39, 0.29) is 32.5 Å². The number of hydrogen-bond acceptors (Lipinski definition) is 2. The normalized spacial score (nSPS) is 15.1. The molecule has 0 radical (unpaired) electrons. The van der Waals surface area contributed by atoms with Crippen molar-refractivity contribution in [3.05, 3.63) is 467 Å². The van der Waals surface area contributed by atoms with Gasteiger partial charge in [0.2, 0.25) is 0 Å². The topological polar surface area (TPSA) is 0 Å². The highest BCUT2D eigenvalue weighted by molar-refractivity contribution is 7.26. The number of benzene rings is 20. The van der Waals surface area contributed by atoms with Gasteiger partial charge in [-0.25, -0.2) is 0 Å². The molecule has 650 valence electrons. The third-order valence-corrected chi connectivity index (χ3v) is 34.8. The average molecular weight is 1780 g/mol. The quantitative estimate of drug-likeness (QED) is 0.149. The van der Waals surface area contributed by atoms with Crippen molar-refractivity contribution in [1.29, 1.82) is 0 Å². The lowest BCUT2D eigenvalue weighted by Crippen LogP contribution is -2.18. The van der Waals surface area contributed by atoms with Gasteiger partial charge in [-0.05, 0) is 312 Å². The molecule has 0 saturated heterocycles. The molecule has 2 heterocycles. The van der Waals surface area contributed by atoms with E-state index < -0.39 is 0 Å². The summed E-state index contributed by atoms with van der Waals surface area (Å²) in [7, 11) is 0. The fourth-order valence-corrected chi connectivity index (χ4v) is 27.7. The summed E-state index contributed by atoms with van der Waals surface area (Å²) < 4.78 is 5.42. The van der Waals surface area contributed by atoms with E-state index in [1.807, 2.05) is 22.7 Å². The second kappa shape index (κ2) is 29.9. The maximum Gasteiger partial charge on any atom is 0.0433 e. The van der Waals surface area contributed by atoms with Crippen LogP contribution in [0.5, 0.6) is 0 Å². The molecular weight excluding hydrogens is 1670 g/mol. The van der Waals surface area contributed by atoms with Crippen LogP contribution in [0.3, 0.4) is 0 Å². The highest BCUT2D eigenvalue weighted by atomic mass is 32.1. The van der Waals surface area contributed by atoms with Crippen molar-refractivity contribution in [3.63, 3.8) is 0 Å². The van der Waals surface area contributed by atoms with Crippen molar-refractivity contribution in [2.75, 3.05) is 0 Å². The first-order valence-corrected chi connectivity index (χ1v) is 50.0. The molecule has 2 heteroatoms. The molecule has 6 aliphatic rings. The summed E-state index contributed by atoms with van der Waals surface area (Å²) in [6, 6.07) is 150. The monoisotopic (exact) mass is 1770 g/mol. The Kier molecular flexibility index (Phi) is 18.1. The lowest BCUT2D eigenvalue weighted by Gasteiger charge is -2.26. The molecule has 0 N–H and O–H groups in total. The van der Waals surface area contributed by atoms with E-state index in [1.54, 1.807) is 0 Å². The van der Waals surface area contributed by atoms with Crippen molar-refractivity contribution >= 4 is 84.6 Å². The summed E-state index contributed by atoms with van der Waals surface area (Å²) in [6.07, 6.45) is 0. The average Bonchev–Trinajstić information content (AvgIpc) is 1.54. The van der Waals surface area contributed by atoms with E-state index in [4.69, 9.17) is 0 Å². The first-order chi connectivity index (χ1) is 65.9. The van der Waals surface area contributed by atoms with E-state index in [0.717, 1.165) is 0 Å². The maximum atomic E-state index is 2.50. The third-order valence-electron chi connectivity index (χ3n) is 32.4. The van der Waals surface area contributed by atoms with Gasteiger partial charge < -0.3 is 0 Å². The van der Waals surface area contributed by atoms with Gasteiger partial charge in [0.25, 0.3) is 0 Å². The van der Waals surface area contributed by atoms with Crippen LogP contribution in [-0.4, -0.2) is 0 Å². The summed E-state index contributed by atoms with van der Waals surface area (Å²) in [5.74, 6) is 0. The smallest absolute Gasteiger partial charge is 0.0433 e. The van der Waals surface area contributed by atoms with Crippen molar-refractivity contribution in [2.45, 2.75) is 116 Å². The minimum absolute atomic E-state index is 0.00546. The second-order valence-corrected chi connectivity index (χ2v) is 44.2. The largest absolute Gasteiger partial charge is 0.135 e. The van der Waals surface area contributed by atoms with E-state index in [0.29, 0.717) is 0 Å². The summed E-state index contributed by atoms with van der Waals surface area (Å²) in [5, 5.41) is 10.4. The van der Waals surface area contributed by atoms with Crippen LogP contribution in [0.1, 0.15) is 150 Å². The van der Waals surface area contributed by atoms with Gasteiger partial charge in [0.05, 0.1) is 0 Å². The molecule has 0 aliphatic heterocycles. The third kappa shape index (κ3) is 12.3. The van der Waals surface area contributed by atoms with Gasteiger partial charge in [-0.15, -0.1) is 22.7 Å². The Morgan fingerprint density at radius 1 is 0.147 bits per heavy atom. The molecule has 22 aromatic rings. The Morgan fingerprint density at radius 2 is 0.419 bits per heavy atom. The molecule has 0 atom stereocenters. The lowest BCUT2D eigenvalue weighted by atomic mass is 9.77. The molecule has 136 heavy (non-hydrogen) atoms. The van der Waals surface area contributed by atoms with E-state index in [2.05, 4.69) is 483 Å². The SMILES string of the molecule is CC1(C)c2cc(-c3cccc(-c4ccc5cc(-c6ccc7ccccc7c6)ccc5c4)c3)ccc2-c2c1ccc1c2C(C)(C)c2ccccc2-1.CC1(C)c2cc(-c3cccc(-c4cccc5c4sc4ccccc45)c3)ccc2-c2c1ccc1c2C(C)(C)c2ccccc2-1.CC1(C)c2ccccc2-c2cc3c(cc21)-c1ccc(-c2cccc(-c4cccc5c4sc4ccccc45)c2)cc1C3(C)C. The zero-order valence-corrected chi connectivity index (χ0v) is 80.6. The van der Waals surface area contributed by atoms with E-state index in [9.17, 15) is 0 Å². The van der Waals surface area contributed by atoms with Gasteiger partial charge >= 0.3 is 0 Å². The Balaban J connectivity index is 0.000000106. The van der Waals surface area contributed by atoms with Crippen molar-refractivity contribution in [1.82, 2.24) is 0 Å². The standard InChI is InChI=1S/C50H38.2C42H32S/c1-49(2)45-25-24-42-41-14-7-8-15-44(41)50(3,4)48(42)47(45)43-23-22-40(30-46(43)49)34-13-9-12-33(27-34)35-18-19-39-29-38(21-20-37(39)28-35)36-17-16-31-10-5-6-11-32(31)26-36;1-41(2)35-17-7-5-13-29(35)33-23-38-34(24-37(33)41)30-20-19-26(22-36(30)42(38,3)4)25-11-9-12-27(21-25)28-15-10-16-32-31-14-6-8-18-39(31)43-40(28)32;1-41(2)35-22-21-31-29-13-5-7-17-34(29)42(3,4)39(31)38(35)33-20-19-26(24-36(33)41)25-11-9-12-27(23-25)28-15-10-16-32-30-14-6-8-18-37(30)43-40(28)32/h5-30H,1-4H3;2*5-24H,1-4H3. The molecular formula is C134H102S2. The van der Waals surface area contributed by atoms with Gasteiger partial charge in [0.15, 0.2) is 0 Å². The molecule has 0 saturated carbocycles. The molecule has 2 aromatic heterocycles. The Hall–Kier alpha value is -14.6. The number of hydrogen-bond donors (Lipinski definition) is 0. The Bertz CT molecular complexity index is 8920. The molecule has 20 aromatic carbocycles. The molecule has 0 spiro atoms. The zero-order valence-electron chi connectivity index (χ0n) is 78.9. The van der Waals surface area contributed by atoms with Crippen LogP contribution < -0.4 is 0 Å². The van der Waals surface area contributed by atoms with Crippen molar-refractivity contribution < 1.29 is 0 Å². The van der Waals surface area contributed by atoms with Crippen molar-refractivity contribution in [3.8, 4) is 145 Å². The molecule has 0 unspecified atom stereocenters. The molecule has 6 aliphatic carbocycles. The molecule has 0 amide bonds. The van der Waals surface area contributed by atoms with Crippen molar-refractivity contribution in [2.24, 2.45) is 0 Å². The van der Waals surface area contributed by atoms with Crippen LogP contribution in [0.15, 0.2) is 400 Å². The van der Waals surface area contributed by atoms with Crippen LogP contribution in [0, 0.1) is 0 Å². The summed E-state index contributed by atoms with van der Waals surface area (Å²) in [6.45, 7) is 28.8. The first kappa shape index (κ1) is 82.1. The Morgan fingerprint density at radius 3 is 0.868 bits per heavy atom. The van der Waals surface area contributed by atoms with Gasteiger partial charge in [-0.2, -0.15) is 0 Å². The summed E-state index contributed by atoms with van der Waals surface area (Å²) in [4.78, 5) is 0. The van der Waals surface area contributed by atoms with Crippen LogP contribution >= 0.6 is 22.7 Å². The first-order valence-electron chi connectivity index (χ1n) is 48.4. The highest BCUT2D eigenvalue weighted by Gasteiger charge is 2.48. The fraction of sp³-hybridized carbons (Fsp3) is 0.134. The predicted molar refractivity (Wildman–Crippen MR) is 584 cm³/mol. The van der Waals surface area contributed by atoms with Crippen LogP contribution in [0.4, 0.5) is 0 Å². The van der Waals surface area contributed by atoms with E-state index in [1.165, 1.54) is 273 Å². The molecule has 0 nitrogen and oxygen atoms in total. The lowest BCUT2D eigenvalue weighted by molar-refractivity contribution is 0.647. The van der Waals surface area contributed by atoms with E-state index >= 15 is 0 Å². The maximum absolute atomic E-state index is 2.50. The molecule has 0 fully saturated rings. The fourth-order valence-electron chi connectivity index (χ4n) is 25.2. The van der Waals surface area contributed by atoms with Gasteiger partial charge in [-0.1, -0.05) is 405 Å². The van der Waals surface area contributed by atoms with Crippen LogP contribution in [0.25, 0.3) is 207 Å². The van der Waals surface area contributed by atoms with Gasteiger partial charge in [0, 0.05) is 72.8 Å². The van der Waals surface area contributed by atoms with Gasteiger partial charge in [-0.3, -0.25) is 0 Å². The number of rotatable bonds is 7. The number of thiophene rings is 2. The minimum atomic E-state index is -0.0811. The minimum Gasteiger partial charge on any atom is -0.135 e. The summed E-state index contributed by atoms with van der Waals surface area (Å²) >= 11 is 3.80. The predicted octanol–water partition coefficient (Wildman–Crippen LogP) is 37.6. The van der Waals surface area contributed by atoms with Crippen LogP contribution in [-0.2, 0) is 32.5 Å². The highest BCUT2D eigenvalue weighted by Crippen LogP contribution is 2.64. The summed E-state index contributed by atoms with van der Waals surface area (Å²) in [5.41, 5.74) is 51.6. The Labute approximate surface area is 805 Å². The molecule has 28 rings (SSSR count). The van der Waals surface area contributed by atoms with Crippen LogP contribution in [0.2, 0.25) is 0 Å². The molecule has 0 bridgehead atoms. The van der Waals surface area contributed by atoms with Gasteiger partial charge in [0.1, 0.15) is 0 Å². The second-order valence-electron chi connectivity index (χ2n) is 42.1. The zero-order chi connectivity index (χ0) is 92.0. The number of fused-ring (bicyclic) bond motifs is 28.